The Hall–Kier alpha value is -2.33. The van der Waals surface area contributed by atoms with Gasteiger partial charge in [-0.25, -0.2) is 0 Å². The average molecular weight is 509 g/mol. The largest absolute Gasteiger partial charge is 0.460 e. The fraction of sp³-hybridized carbons (Fsp3) is 0.667. The molecule has 0 spiro atoms. The van der Waals surface area contributed by atoms with Crippen LogP contribution in [0.15, 0.2) is 24.3 Å². The second-order valence-electron chi connectivity index (χ2n) is 9.53. The molecule has 0 heterocycles. The molecule has 36 heavy (non-hydrogen) atoms. The molecule has 1 amide bonds. The maximum absolute atomic E-state index is 13.1. The molecule has 204 valence electrons. The summed E-state index contributed by atoms with van der Waals surface area (Å²) in [6.07, 6.45) is 2.73. The lowest BCUT2D eigenvalue weighted by Gasteiger charge is -2.19. The molecule has 0 aliphatic carbocycles. The van der Waals surface area contributed by atoms with Gasteiger partial charge in [0.1, 0.15) is 5.60 Å². The van der Waals surface area contributed by atoms with Crippen LogP contribution in [0.1, 0.15) is 67.2 Å². The number of rotatable bonds is 19. The second kappa shape index (κ2) is 18.0. The van der Waals surface area contributed by atoms with Crippen molar-refractivity contribution < 1.29 is 33.3 Å². The molecule has 0 saturated carbocycles. The summed E-state index contributed by atoms with van der Waals surface area (Å²) in [7, 11) is 3.32. The smallest absolute Gasteiger partial charge is 0.308 e. The highest BCUT2D eigenvalue weighted by Crippen LogP contribution is 2.16. The van der Waals surface area contributed by atoms with Crippen LogP contribution in [0.2, 0.25) is 0 Å². The lowest BCUT2D eigenvalue weighted by molar-refractivity contribution is -0.156. The number of hydrogen-bond donors (Lipinski definition) is 2. The third-order valence-corrected chi connectivity index (χ3v) is 5.23. The first-order valence-corrected chi connectivity index (χ1v) is 12.6. The molecule has 9 nitrogen and oxygen atoms in total. The van der Waals surface area contributed by atoms with Crippen molar-refractivity contribution >= 4 is 17.7 Å². The monoisotopic (exact) mass is 508 g/mol. The summed E-state index contributed by atoms with van der Waals surface area (Å²) in [6.45, 7) is 8.79. The topological polar surface area (TPSA) is 112 Å². The lowest BCUT2D eigenvalue weighted by atomic mass is 9.92. The molecule has 1 rings (SSSR count). The normalized spacial score (nSPS) is 12.2. The number of carbonyl (C=O) groups is 3. The van der Waals surface area contributed by atoms with Gasteiger partial charge in [-0.15, -0.1) is 0 Å². The van der Waals surface area contributed by atoms with Gasteiger partial charge in [-0.2, -0.15) is 0 Å². The van der Waals surface area contributed by atoms with Crippen LogP contribution in [0.4, 0.5) is 0 Å². The van der Waals surface area contributed by atoms with Crippen LogP contribution in [0.3, 0.4) is 0 Å². The zero-order valence-corrected chi connectivity index (χ0v) is 22.5. The van der Waals surface area contributed by atoms with Gasteiger partial charge in [-0.05, 0) is 45.7 Å². The molecule has 2 N–H and O–H groups in total. The number of ether oxygens (including phenoxy) is 4. The molecule has 1 aromatic rings. The minimum atomic E-state index is -0.517. The third kappa shape index (κ3) is 14.3. The van der Waals surface area contributed by atoms with E-state index in [-0.39, 0.29) is 43.2 Å². The van der Waals surface area contributed by atoms with Gasteiger partial charge in [-0.1, -0.05) is 18.6 Å². The van der Waals surface area contributed by atoms with E-state index in [1.165, 1.54) is 0 Å². The molecular weight excluding hydrogens is 464 g/mol. The number of nitrogens with one attached hydrogen (secondary N) is 2. The molecule has 1 atom stereocenters. The summed E-state index contributed by atoms with van der Waals surface area (Å²) in [5, 5.41) is 6.06. The van der Waals surface area contributed by atoms with Crippen molar-refractivity contribution in [2.75, 3.05) is 60.3 Å². The Kier molecular flexibility index (Phi) is 15.8. The summed E-state index contributed by atoms with van der Waals surface area (Å²) in [6, 6.07) is 6.72. The third-order valence-electron chi connectivity index (χ3n) is 5.23. The average Bonchev–Trinajstić information content (AvgIpc) is 2.83. The molecule has 0 aliphatic heterocycles. The van der Waals surface area contributed by atoms with E-state index in [1.807, 2.05) is 20.8 Å². The summed E-state index contributed by atoms with van der Waals surface area (Å²) in [5.74, 6) is -0.662. The van der Waals surface area contributed by atoms with E-state index in [0.717, 1.165) is 19.3 Å². The predicted octanol–water partition coefficient (Wildman–Crippen LogP) is 3.02. The van der Waals surface area contributed by atoms with Gasteiger partial charge >= 0.3 is 5.97 Å². The van der Waals surface area contributed by atoms with Crippen molar-refractivity contribution in [3.05, 3.63) is 35.4 Å². The lowest BCUT2D eigenvalue weighted by Crippen LogP contribution is -2.31. The van der Waals surface area contributed by atoms with Crippen LogP contribution in [0, 0.1) is 5.92 Å². The van der Waals surface area contributed by atoms with Gasteiger partial charge in [0, 0.05) is 57.5 Å². The van der Waals surface area contributed by atoms with Crippen LogP contribution >= 0.6 is 0 Å². The Morgan fingerprint density at radius 3 is 2.17 bits per heavy atom. The highest BCUT2D eigenvalue weighted by Gasteiger charge is 2.20. The number of esters is 1. The first-order chi connectivity index (χ1) is 17.2. The van der Waals surface area contributed by atoms with Crippen LogP contribution in [-0.4, -0.2) is 83.5 Å². The molecule has 0 fully saturated rings. The molecule has 1 aromatic carbocycles. The Morgan fingerprint density at radius 1 is 0.861 bits per heavy atom. The Morgan fingerprint density at radius 2 is 1.53 bits per heavy atom. The Balaban J connectivity index is 2.48. The van der Waals surface area contributed by atoms with Gasteiger partial charge in [0.2, 0.25) is 0 Å². The van der Waals surface area contributed by atoms with E-state index >= 15 is 0 Å². The number of methoxy groups -OCH3 is 2. The van der Waals surface area contributed by atoms with Crippen LogP contribution in [0.5, 0.6) is 0 Å². The number of carbonyl (C=O) groups excluding carboxylic acids is 3. The molecule has 9 heteroatoms. The zero-order valence-electron chi connectivity index (χ0n) is 22.5. The zero-order chi connectivity index (χ0) is 26.8. The summed E-state index contributed by atoms with van der Waals surface area (Å²) in [4.78, 5) is 37.2. The van der Waals surface area contributed by atoms with Crippen molar-refractivity contribution in [2.24, 2.45) is 5.92 Å². The minimum absolute atomic E-state index is 0.0580. The summed E-state index contributed by atoms with van der Waals surface area (Å²) in [5.41, 5.74) is 0.536. The van der Waals surface area contributed by atoms with Gasteiger partial charge < -0.3 is 29.6 Å². The van der Waals surface area contributed by atoms with Gasteiger partial charge in [0.05, 0.1) is 26.2 Å². The summed E-state index contributed by atoms with van der Waals surface area (Å²) >= 11 is 0. The molecular formula is C27H44N2O7. The maximum atomic E-state index is 13.1. The number of benzene rings is 1. The van der Waals surface area contributed by atoms with Crippen molar-refractivity contribution in [1.29, 1.82) is 0 Å². The van der Waals surface area contributed by atoms with E-state index < -0.39 is 5.60 Å². The number of ketones is 1. The number of amides is 1. The number of Topliss-reactive ketones (excluding diaryl/α,β-unsaturated/α-hetero) is 1. The Bertz CT molecular complexity index is 763. The molecule has 0 aromatic heterocycles. The SMILES string of the molecule is COCCCCC(CNCCOC)C(=O)c1ccc(C(=O)NCCOCCC(=O)OC(C)(C)C)cc1. The minimum Gasteiger partial charge on any atom is -0.460 e. The van der Waals surface area contributed by atoms with Crippen LogP contribution < -0.4 is 10.6 Å². The molecule has 0 radical (unpaired) electrons. The first-order valence-electron chi connectivity index (χ1n) is 12.6. The fourth-order valence-electron chi connectivity index (χ4n) is 3.42. The molecule has 0 bridgehead atoms. The fourth-order valence-corrected chi connectivity index (χ4v) is 3.42. The highest BCUT2D eigenvalue weighted by molar-refractivity contribution is 6.00. The predicted molar refractivity (Wildman–Crippen MR) is 138 cm³/mol. The van der Waals surface area contributed by atoms with E-state index in [0.29, 0.717) is 44.0 Å². The summed E-state index contributed by atoms with van der Waals surface area (Å²) < 4.78 is 20.8. The van der Waals surface area contributed by atoms with E-state index in [9.17, 15) is 14.4 Å². The number of unbranched alkanes of at least 4 members (excludes halogenated alkanes) is 1. The van der Waals surface area contributed by atoms with Gasteiger partial charge in [0.25, 0.3) is 5.91 Å². The molecule has 0 aliphatic rings. The van der Waals surface area contributed by atoms with Crippen LogP contribution in [0.25, 0.3) is 0 Å². The van der Waals surface area contributed by atoms with E-state index in [1.54, 1.807) is 38.5 Å². The van der Waals surface area contributed by atoms with Crippen molar-refractivity contribution in [2.45, 2.75) is 52.1 Å². The van der Waals surface area contributed by atoms with E-state index in [2.05, 4.69) is 10.6 Å². The first kappa shape index (κ1) is 31.7. The van der Waals surface area contributed by atoms with Crippen molar-refractivity contribution in [3.63, 3.8) is 0 Å². The van der Waals surface area contributed by atoms with Gasteiger partial charge in [0.15, 0.2) is 5.78 Å². The number of hydrogen-bond acceptors (Lipinski definition) is 8. The van der Waals surface area contributed by atoms with Crippen molar-refractivity contribution in [1.82, 2.24) is 10.6 Å². The van der Waals surface area contributed by atoms with Crippen molar-refractivity contribution in [3.8, 4) is 0 Å². The van der Waals surface area contributed by atoms with E-state index in [4.69, 9.17) is 18.9 Å². The van der Waals surface area contributed by atoms with Gasteiger partial charge in [-0.3, -0.25) is 14.4 Å². The maximum Gasteiger partial charge on any atom is 0.308 e. The standard InChI is InChI=1S/C27H44N2O7/c1-27(2,3)36-24(30)13-17-35-19-15-29-26(32)22-11-9-21(10-12-22)25(31)23(8-6-7-16-33-4)20-28-14-18-34-5/h9-12,23,28H,6-8,13-20H2,1-5H3,(H,29,32). The second-order valence-corrected chi connectivity index (χ2v) is 9.53. The quantitative estimate of drug-likeness (QED) is 0.167. The molecule has 1 unspecified atom stereocenters. The highest BCUT2D eigenvalue weighted by atomic mass is 16.6. The molecule has 0 saturated heterocycles. The Labute approximate surface area is 215 Å². The van der Waals surface area contributed by atoms with Crippen LogP contribution in [-0.2, 0) is 23.7 Å².